The number of nitrogens with one attached hydrogen (secondary N) is 1. The van der Waals surface area contributed by atoms with Crippen molar-refractivity contribution in [1.82, 2.24) is 0 Å². The van der Waals surface area contributed by atoms with Crippen molar-refractivity contribution in [2.45, 2.75) is 37.6 Å². The first-order chi connectivity index (χ1) is 14.0. The Morgan fingerprint density at radius 1 is 0.933 bits per heavy atom. The van der Waals surface area contributed by atoms with Gasteiger partial charge >= 0.3 is 5.69 Å². The lowest BCUT2D eigenvalue weighted by molar-refractivity contribution is -0.387. The van der Waals surface area contributed by atoms with Gasteiger partial charge in [0.1, 0.15) is 5.69 Å². The Bertz CT molecular complexity index is 937. The van der Waals surface area contributed by atoms with Gasteiger partial charge in [-0.15, -0.1) is 0 Å². The van der Waals surface area contributed by atoms with Gasteiger partial charge in [-0.3, -0.25) is 20.2 Å². The van der Waals surface area contributed by atoms with E-state index < -0.39 is 27.3 Å². The molecule has 0 amide bonds. The summed E-state index contributed by atoms with van der Waals surface area (Å²) in [6.45, 7) is 0. The Labute approximate surface area is 186 Å². The van der Waals surface area contributed by atoms with E-state index in [4.69, 9.17) is 0 Å². The zero-order valence-electron chi connectivity index (χ0n) is 15.3. The van der Waals surface area contributed by atoms with Crippen LogP contribution in [0.25, 0.3) is 0 Å². The van der Waals surface area contributed by atoms with E-state index in [1.165, 1.54) is 12.1 Å². The van der Waals surface area contributed by atoms with Gasteiger partial charge in [0.05, 0.1) is 9.85 Å². The number of rotatable bonds is 4. The second-order valence-corrected chi connectivity index (χ2v) is 8.38. The third-order valence-electron chi connectivity index (χ3n) is 4.34. The van der Waals surface area contributed by atoms with Crippen molar-refractivity contribution >= 4 is 48.9 Å². The molecule has 0 aliphatic heterocycles. The smallest absolute Gasteiger partial charge is 0.305 e. The summed E-state index contributed by atoms with van der Waals surface area (Å²) in [5, 5.41) is 24.1. The van der Waals surface area contributed by atoms with E-state index in [0.29, 0.717) is 27.5 Å². The van der Waals surface area contributed by atoms with Crippen LogP contribution in [0, 0.1) is 26.0 Å². The Morgan fingerprint density at radius 3 is 1.93 bits per heavy atom. The molecule has 162 valence electrons. The van der Waals surface area contributed by atoms with Crippen LogP contribution in [0.5, 0.6) is 0 Å². The molecule has 3 rings (SSSR count). The molecule has 0 aromatic heterocycles. The number of hydrogen-bond donors (Lipinski definition) is 1. The van der Waals surface area contributed by atoms with E-state index >= 15 is 0 Å². The molecule has 2 aromatic rings. The molecule has 1 N–H and O–H groups in total. The maximum Gasteiger partial charge on any atom is 0.305 e. The predicted molar refractivity (Wildman–Crippen MR) is 112 cm³/mol. The van der Waals surface area contributed by atoms with Crippen molar-refractivity contribution in [2.24, 2.45) is 0 Å². The van der Waals surface area contributed by atoms with E-state index in [-0.39, 0.29) is 24.6 Å². The molecule has 2 aromatic carbocycles. The topological polar surface area (TPSA) is 98.3 Å². The molecule has 30 heavy (non-hydrogen) atoms. The van der Waals surface area contributed by atoms with Gasteiger partial charge in [0.25, 0.3) is 5.69 Å². The maximum atomic E-state index is 13.0. The molecule has 0 unspecified atom stereocenters. The summed E-state index contributed by atoms with van der Waals surface area (Å²) in [5.41, 5.74) is -0.186. The number of nitro groups is 2. The normalized spacial score (nSPS) is 15.6. The lowest BCUT2D eigenvalue weighted by atomic mass is 9.92. The van der Waals surface area contributed by atoms with E-state index in [9.17, 15) is 33.4 Å². The number of nitrogens with zero attached hydrogens (tertiary/aromatic N) is 2. The first-order valence-corrected chi connectivity index (χ1v) is 10.2. The first kappa shape index (κ1) is 24.1. The van der Waals surface area contributed by atoms with Crippen LogP contribution in [-0.2, 0) is 0 Å². The van der Waals surface area contributed by atoms with Gasteiger partial charge < -0.3 is 5.32 Å². The Kier molecular flexibility index (Phi) is 8.18. The van der Waals surface area contributed by atoms with Gasteiger partial charge in [0.15, 0.2) is 0 Å². The average molecular weight is 555 g/mol. The summed E-state index contributed by atoms with van der Waals surface area (Å²) in [6.07, 6.45) is 0.296. The number of benzene rings is 2. The predicted octanol–water partition coefficient (Wildman–Crippen LogP) is 6.84. The van der Waals surface area contributed by atoms with Crippen LogP contribution in [0.2, 0.25) is 0 Å². The highest BCUT2D eigenvalue weighted by molar-refractivity contribution is 9.10. The largest absolute Gasteiger partial charge is 0.377 e. The zero-order valence-corrected chi connectivity index (χ0v) is 18.5. The molecule has 0 heterocycles. The van der Waals surface area contributed by atoms with Crippen LogP contribution in [0.3, 0.4) is 0 Å². The fourth-order valence-electron chi connectivity index (χ4n) is 2.81. The highest BCUT2D eigenvalue weighted by Crippen LogP contribution is 2.36. The van der Waals surface area contributed by atoms with Gasteiger partial charge in [0, 0.05) is 40.0 Å². The molecule has 0 radical (unpaired) electrons. The van der Waals surface area contributed by atoms with Crippen LogP contribution >= 0.6 is 31.9 Å². The van der Waals surface area contributed by atoms with Gasteiger partial charge in [-0.05, 0) is 37.1 Å². The van der Waals surface area contributed by atoms with Crippen molar-refractivity contribution in [1.29, 1.82) is 0 Å². The standard InChI is InChI=1S/C12H13BrF2N2O2.C6H3BrFNO2/c13-8-1-2-10(11(7-8)17(18)19)16-9-3-5-12(14,15)6-4-9;7-4-1-2-5(8)6(3-4)9(10)11/h1-2,7,9,16H,3-6H2;1-3H. The molecular weight excluding hydrogens is 539 g/mol. The van der Waals surface area contributed by atoms with Crippen LogP contribution in [0.4, 0.5) is 30.2 Å². The van der Waals surface area contributed by atoms with Gasteiger partial charge in [-0.1, -0.05) is 31.9 Å². The Balaban J connectivity index is 0.000000248. The quantitative estimate of drug-likeness (QED) is 0.329. The monoisotopic (exact) mass is 553 g/mol. The third kappa shape index (κ3) is 6.94. The van der Waals surface area contributed by atoms with Crippen molar-refractivity contribution in [3.05, 3.63) is 71.4 Å². The van der Waals surface area contributed by atoms with Gasteiger partial charge in [-0.25, -0.2) is 8.78 Å². The number of alkyl halides is 2. The fraction of sp³-hybridized carbons (Fsp3) is 0.333. The molecule has 1 aliphatic rings. The number of hydrogen-bond acceptors (Lipinski definition) is 5. The maximum absolute atomic E-state index is 13.0. The molecule has 0 atom stereocenters. The fourth-order valence-corrected chi connectivity index (χ4v) is 3.51. The van der Waals surface area contributed by atoms with E-state index in [2.05, 4.69) is 37.2 Å². The molecular formula is C18H16Br2F3N3O4. The van der Waals surface area contributed by atoms with Crippen molar-refractivity contribution in [2.75, 3.05) is 5.32 Å². The summed E-state index contributed by atoms with van der Waals surface area (Å²) in [5.74, 6) is -3.41. The zero-order chi connectivity index (χ0) is 22.5. The highest BCUT2D eigenvalue weighted by atomic mass is 79.9. The molecule has 1 aliphatic carbocycles. The molecule has 1 fully saturated rings. The van der Waals surface area contributed by atoms with E-state index in [0.717, 1.165) is 12.1 Å². The number of halogens is 5. The Hall–Kier alpha value is -2.21. The molecule has 12 heteroatoms. The summed E-state index contributed by atoms with van der Waals surface area (Å²) in [7, 11) is 0. The Morgan fingerprint density at radius 2 is 1.43 bits per heavy atom. The van der Waals surface area contributed by atoms with Crippen molar-refractivity contribution in [3.63, 3.8) is 0 Å². The van der Waals surface area contributed by atoms with Crippen LogP contribution in [-0.4, -0.2) is 21.8 Å². The highest BCUT2D eigenvalue weighted by Gasteiger charge is 2.35. The molecule has 7 nitrogen and oxygen atoms in total. The molecule has 0 bridgehead atoms. The van der Waals surface area contributed by atoms with E-state index in [1.807, 2.05) is 0 Å². The number of anilines is 1. The lowest BCUT2D eigenvalue weighted by Gasteiger charge is -2.29. The van der Waals surface area contributed by atoms with Gasteiger partial charge in [-0.2, -0.15) is 4.39 Å². The summed E-state index contributed by atoms with van der Waals surface area (Å²) in [4.78, 5) is 19.8. The van der Waals surface area contributed by atoms with Gasteiger partial charge in [0.2, 0.25) is 11.7 Å². The van der Waals surface area contributed by atoms with Crippen molar-refractivity contribution < 1.29 is 23.0 Å². The van der Waals surface area contributed by atoms with Crippen molar-refractivity contribution in [3.8, 4) is 0 Å². The van der Waals surface area contributed by atoms with Crippen LogP contribution < -0.4 is 5.32 Å². The molecule has 0 spiro atoms. The first-order valence-electron chi connectivity index (χ1n) is 8.66. The molecule has 0 saturated heterocycles. The summed E-state index contributed by atoms with van der Waals surface area (Å²) >= 11 is 6.17. The number of nitro benzene ring substituents is 2. The minimum absolute atomic E-state index is 0.0493. The minimum Gasteiger partial charge on any atom is -0.377 e. The van der Waals surface area contributed by atoms with Crippen LogP contribution in [0.15, 0.2) is 45.3 Å². The third-order valence-corrected chi connectivity index (χ3v) is 5.32. The average Bonchev–Trinajstić information content (AvgIpc) is 2.67. The minimum atomic E-state index is -2.59. The SMILES string of the molecule is O=[N+]([O-])c1cc(Br)ccc1F.O=[N+]([O-])c1cc(Br)ccc1NC1CCC(F)(F)CC1. The lowest BCUT2D eigenvalue weighted by Crippen LogP contribution is -2.32. The van der Waals surface area contributed by atoms with E-state index in [1.54, 1.807) is 12.1 Å². The second-order valence-electron chi connectivity index (χ2n) is 6.55. The second kappa shape index (κ2) is 10.2. The molecule has 1 saturated carbocycles. The summed E-state index contributed by atoms with van der Waals surface area (Å²) < 4.78 is 39.7. The van der Waals surface area contributed by atoms with Crippen LogP contribution in [0.1, 0.15) is 25.7 Å². The summed E-state index contributed by atoms with van der Waals surface area (Å²) in [6, 6.07) is 8.11.